The van der Waals surface area contributed by atoms with Crippen LogP contribution in [0.25, 0.3) is 0 Å². The molecule has 0 aliphatic heterocycles. The Morgan fingerprint density at radius 3 is 2.57 bits per heavy atom. The summed E-state index contributed by atoms with van der Waals surface area (Å²) in [6.45, 7) is 0. The SMILES string of the molecule is O=C(O)c1nc(C(F)F)c(I)cc1O. The van der Waals surface area contributed by atoms with Crippen LogP contribution in [-0.2, 0) is 0 Å². The van der Waals surface area contributed by atoms with Crippen molar-refractivity contribution in [3.8, 4) is 5.75 Å². The molecule has 2 N–H and O–H groups in total. The second-order valence-electron chi connectivity index (χ2n) is 2.33. The molecule has 0 bridgehead atoms. The van der Waals surface area contributed by atoms with Gasteiger partial charge in [0.1, 0.15) is 11.4 Å². The lowest BCUT2D eigenvalue weighted by molar-refractivity contribution is 0.0685. The minimum absolute atomic E-state index is 0.0279. The van der Waals surface area contributed by atoms with E-state index >= 15 is 0 Å². The lowest BCUT2D eigenvalue weighted by Gasteiger charge is -2.05. The van der Waals surface area contributed by atoms with E-state index in [1.54, 1.807) is 22.6 Å². The van der Waals surface area contributed by atoms with Crippen LogP contribution in [-0.4, -0.2) is 21.2 Å². The van der Waals surface area contributed by atoms with Gasteiger partial charge in [-0.3, -0.25) is 0 Å². The van der Waals surface area contributed by atoms with Crippen LogP contribution in [0.5, 0.6) is 5.75 Å². The molecule has 0 aliphatic rings. The Balaban J connectivity index is 3.34. The van der Waals surface area contributed by atoms with Gasteiger partial charge in [0, 0.05) is 3.57 Å². The van der Waals surface area contributed by atoms with Gasteiger partial charge in [0.2, 0.25) is 0 Å². The lowest BCUT2D eigenvalue weighted by Crippen LogP contribution is -2.05. The monoisotopic (exact) mass is 315 g/mol. The van der Waals surface area contributed by atoms with Gasteiger partial charge in [0.25, 0.3) is 6.43 Å². The number of hydrogen-bond acceptors (Lipinski definition) is 3. The highest BCUT2D eigenvalue weighted by Gasteiger charge is 2.20. The normalized spacial score (nSPS) is 10.6. The molecular weight excluding hydrogens is 311 g/mol. The van der Waals surface area contributed by atoms with Gasteiger partial charge in [0.05, 0.1) is 0 Å². The van der Waals surface area contributed by atoms with E-state index in [0.29, 0.717) is 0 Å². The van der Waals surface area contributed by atoms with Crippen LogP contribution in [0.15, 0.2) is 6.07 Å². The maximum Gasteiger partial charge on any atom is 0.358 e. The van der Waals surface area contributed by atoms with Gasteiger partial charge in [-0.05, 0) is 28.7 Å². The molecule has 0 aliphatic carbocycles. The van der Waals surface area contributed by atoms with Crippen molar-refractivity contribution in [2.45, 2.75) is 6.43 Å². The second-order valence-corrected chi connectivity index (χ2v) is 3.49. The van der Waals surface area contributed by atoms with Crippen molar-refractivity contribution in [3.63, 3.8) is 0 Å². The van der Waals surface area contributed by atoms with Crippen LogP contribution in [0, 0.1) is 3.57 Å². The highest BCUT2D eigenvalue weighted by atomic mass is 127. The molecule has 0 fully saturated rings. The summed E-state index contributed by atoms with van der Waals surface area (Å²) in [7, 11) is 0. The minimum Gasteiger partial charge on any atom is -0.505 e. The highest BCUT2D eigenvalue weighted by molar-refractivity contribution is 14.1. The van der Waals surface area contributed by atoms with Crippen molar-refractivity contribution in [2.24, 2.45) is 0 Å². The molecule has 4 nitrogen and oxygen atoms in total. The Morgan fingerprint density at radius 1 is 1.57 bits per heavy atom. The van der Waals surface area contributed by atoms with E-state index in [1.807, 2.05) is 0 Å². The van der Waals surface area contributed by atoms with E-state index in [1.165, 1.54) is 0 Å². The van der Waals surface area contributed by atoms with Crippen LogP contribution in [0.2, 0.25) is 0 Å². The Morgan fingerprint density at radius 2 is 2.14 bits per heavy atom. The van der Waals surface area contributed by atoms with Gasteiger partial charge in [-0.25, -0.2) is 18.6 Å². The molecule has 1 rings (SSSR count). The molecular formula is C7H4F2INO3. The molecule has 76 valence electrons. The summed E-state index contributed by atoms with van der Waals surface area (Å²) in [6.07, 6.45) is -2.86. The fraction of sp³-hybridized carbons (Fsp3) is 0.143. The zero-order valence-electron chi connectivity index (χ0n) is 6.54. The third-order valence-corrected chi connectivity index (χ3v) is 2.26. The molecule has 0 amide bonds. The van der Waals surface area contributed by atoms with Gasteiger partial charge in [-0.1, -0.05) is 0 Å². The van der Waals surface area contributed by atoms with Crippen LogP contribution in [0.3, 0.4) is 0 Å². The first kappa shape index (κ1) is 11.1. The molecule has 1 heterocycles. The summed E-state index contributed by atoms with van der Waals surface area (Å²) < 4.78 is 24.6. The molecule has 0 atom stereocenters. The zero-order chi connectivity index (χ0) is 10.9. The predicted octanol–water partition coefficient (Wildman–Crippen LogP) is 2.03. The Kier molecular flexibility index (Phi) is 3.19. The number of aromatic nitrogens is 1. The van der Waals surface area contributed by atoms with Crippen LogP contribution in [0.4, 0.5) is 8.78 Å². The maximum atomic E-state index is 12.3. The summed E-state index contributed by atoms with van der Waals surface area (Å²) in [5.41, 5.74) is -1.40. The van der Waals surface area contributed by atoms with E-state index < -0.39 is 29.5 Å². The quantitative estimate of drug-likeness (QED) is 0.819. The van der Waals surface area contributed by atoms with Gasteiger partial charge in [0.15, 0.2) is 5.69 Å². The fourth-order valence-electron chi connectivity index (χ4n) is 0.804. The first-order valence-electron chi connectivity index (χ1n) is 3.34. The van der Waals surface area contributed by atoms with Crippen LogP contribution in [0.1, 0.15) is 22.6 Å². The number of aromatic carboxylic acids is 1. The zero-order valence-corrected chi connectivity index (χ0v) is 8.70. The molecule has 0 saturated heterocycles. The van der Waals surface area contributed by atoms with E-state index in [4.69, 9.17) is 10.2 Å². The summed E-state index contributed by atoms with van der Waals surface area (Å²) in [5.74, 6) is -2.16. The predicted molar refractivity (Wildman–Crippen MR) is 50.5 cm³/mol. The number of pyridine rings is 1. The molecule has 0 saturated carbocycles. The maximum absolute atomic E-state index is 12.3. The number of carboxylic acids is 1. The van der Waals surface area contributed by atoms with Crippen molar-refractivity contribution in [1.82, 2.24) is 4.98 Å². The third kappa shape index (κ3) is 2.08. The number of aromatic hydroxyl groups is 1. The van der Waals surface area contributed by atoms with Crippen molar-refractivity contribution < 1.29 is 23.8 Å². The van der Waals surface area contributed by atoms with Gasteiger partial charge >= 0.3 is 5.97 Å². The number of carbonyl (C=O) groups is 1. The minimum atomic E-state index is -2.86. The van der Waals surface area contributed by atoms with E-state index in [-0.39, 0.29) is 3.57 Å². The number of hydrogen-bond donors (Lipinski definition) is 2. The van der Waals surface area contributed by atoms with Crippen molar-refractivity contribution in [1.29, 1.82) is 0 Å². The molecule has 0 spiro atoms. The molecule has 0 radical (unpaired) electrons. The molecule has 7 heteroatoms. The van der Waals surface area contributed by atoms with E-state index in [9.17, 15) is 13.6 Å². The first-order valence-corrected chi connectivity index (χ1v) is 4.42. The number of halogens is 3. The fourth-order valence-corrected chi connectivity index (χ4v) is 1.45. The number of carboxylic acid groups (broad SMARTS) is 1. The van der Waals surface area contributed by atoms with E-state index in [0.717, 1.165) is 6.07 Å². The smallest absolute Gasteiger partial charge is 0.358 e. The number of rotatable bonds is 2. The highest BCUT2D eigenvalue weighted by Crippen LogP contribution is 2.27. The summed E-state index contributed by atoms with van der Waals surface area (Å²) in [6, 6.07) is 0.943. The standard InChI is InChI=1S/C7H4F2INO3/c8-6(9)4-2(10)1-3(12)5(11-4)7(13)14/h1,6,12H,(H,13,14). The third-order valence-electron chi connectivity index (χ3n) is 1.39. The topological polar surface area (TPSA) is 70.4 Å². The molecule has 1 aromatic rings. The average Bonchev–Trinajstić information content (AvgIpc) is 2.02. The Labute approximate surface area is 90.7 Å². The Hall–Kier alpha value is -0.990. The van der Waals surface area contributed by atoms with Gasteiger partial charge < -0.3 is 10.2 Å². The molecule has 1 aromatic heterocycles. The largest absolute Gasteiger partial charge is 0.505 e. The molecule has 0 aromatic carbocycles. The van der Waals surface area contributed by atoms with Crippen LogP contribution < -0.4 is 0 Å². The van der Waals surface area contributed by atoms with Crippen LogP contribution >= 0.6 is 22.6 Å². The average molecular weight is 315 g/mol. The summed E-state index contributed by atoms with van der Waals surface area (Å²) in [4.78, 5) is 13.6. The molecule has 0 unspecified atom stereocenters. The van der Waals surface area contributed by atoms with E-state index in [2.05, 4.69) is 4.98 Å². The Bertz CT molecular complexity index is 383. The van der Waals surface area contributed by atoms with Gasteiger partial charge in [-0.2, -0.15) is 0 Å². The number of nitrogens with zero attached hydrogens (tertiary/aromatic N) is 1. The molecule has 14 heavy (non-hydrogen) atoms. The van der Waals surface area contributed by atoms with Gasteiger partial charge in [-0.15, -0.1) is 0 Å². The van der Waals surface area contributed by atoms with Crippen molar-refractivity contribution >= 4 is 28.6 Å². The van der Waals surface area contributed by atoms with Crippen molar-refractivity contribution in [3.05, 3.63) is 21.0 Å². The second kappa shape index (κ2) is 4.03. The number of alkyl halides is 2. The lowest BCUT2D eigenvalue weighted by atomic mass is 10.3. The van der Waals surface area contributed by atoms with Crippen molar-refractivity contribution in [2.75, 3.05) is 0 Å². The summed E-state index contributed by atoms with van der Waals surface area (Å²) in [5, 5.41) is 17.6. The first-order chi connectivity index (χ1) is 6.43. The summed E-state index contributed by atoms with van der Waals surface area (Å²) >= 11 is 1.55.